The van der Waals surface area contributed by atoms with Gasteiger partial charge in [0.2, 0.25) is 0 Å². The minimum absolute atomic E-state index is 0. The van der Waals surface area contributed by atoms with Crippen molar-refractivity contribution in [2.24, 2.45) is 4.99 Å². The summed E-state index contributed by atoms with van der Waals surface area (Å²) in [6.45, 7) is 3.48. The van der Waals surface area contributed by atoms with Gasteiger partial charge in [-0.3, -0.25) is 4.99 Å². The van der Waals surface area contributed by atoms with Crippen LogP contribution in [0.3, 0.4) is 0 Å². The molecule has 0 spiro atoms. The summed E-state index contributed by atoms with van der Waals surface area (Å²) in [7, 11) is 3.74. The molecule has 2 aromatic heterocycles. The van der Waals surface area contributed by atoms with Gasteiger partial charge in [0.1, 0.15) is 12.0 Å². The van der Waals surface area contributed by atoms with E-state index in [0.717, 1.165) is 35.3 Å². The summed E-state index contributed by atoms with van der Waals surface area (Å²) >= 11 is 1.68. The lowest BCUT2D eigenvalue weighted by atomic mass is 10.3. The molecule has 2 rings (SSSR count). The minimum atomic E-state index is 0. The number of aryl methyl sites for hydroxylation is 1. The Bertz CT molecular complexity index is 555. The SMILES string of the molecule is CN=C(NCCc1csc(C)n1)N(C)Cc1ccon1.I. The van der Waals surface area contributed by atoms with Crippen molar-refractivity contribution in [3.8, 4) is 0 Å². The topological polar surface area (TPSA) is 66.6 Å². The third kappa shape index (κ3) is 5.62. The first-order chi connectivity index (χ1) is 9.69. The first-order valence-corrected chi connectivity index (χ1v) is 7.29. The van der Waals surface area contributed by atoms with Crippen molar-refractivity contribution in [2.75, 3.05) is 20.6 Å². The standard InChI is InChI=1S/C13H19N5OS.HI/c1-10-16-12(9-20-10)4-6-15-13(14-2)18(3)8-11-5-7-19-17-11;/h5,7,9H,4,6,8H2,1-3H3,(H,14,15);1H. The van der Waals surface area contributed by atoms with E-state index >= 15 is 0 Å². The zero-order valence-corrected chi connectivity index (χ0v) is 15.5. The maximum atomic E-state index is 4.83. The predicted molar refractivity (Wildman–Crippen MR) is 95.3 cm³/mol. The van der Waals surface area contributed by atoms with E-state index < -0.39 is 0 Å². The largest absolute Gasteiger partial charge is 0.364 e. The number of guanidine groups is 1. The van der Waals surface area contributed by atoms with Crippen LogP contribution in [-0.4, -0.2) is 41.6 Å². The van der Waals surface area contributed by atoms with Gasteiger partial charge in [0.15, 0.2) is 5.96 Å². The fraction of sp³-hybridized carbons (Fsp3) is 0.462. The Balaban J connectivity index is 0.00000220. The van der Waals surface area contributed by atoms with E-state index in [4.69, 9.17) is 4.52 Å². The van der Waals surface area contributed by atoms with Crippen LogP contribution in [0, 0.1) is 6.92 Å². The van der Waals surface area contributed by atoms with Crippen LogP contribution in [0.2, 0.25) is 0 Å². The minimum Gasteiger partial charge on any atom is -0.364 e. The third-order valence-electron chi connectivity index (χ3n) is 2.79. The highest BCUT2D eigenvalue weighted by molar-refractivity contribution is 14.0. The lowest BCUT2D eigenvalue weighted by Crippen LogP contribution is -2.39. The van der Waals surface area contributed by atoms with Crippen LogP contribution in [0.1, 0.15) is 16.4 Å². The van der Waals surface area contributed by atoms with Gasteiger partial charge in [-0.25, -0.2) is 4.98 Å². The molecule has 0 atom stereocenters. The molecule has 8 heteroatoms. The first-order valence-electron chi connectivity index (χ1n) is 6.41. The average molecular weight is 421 g/mol. The number of aromatic nitrogens is 2. The summed E-state index contributed by atoms with van der Waals surface area (Å²) in [5.74, 6) is 0.833. The van der Waals surface area contributed by atoms with E-state index in [1.807, 2.05) is 24.9 Å². The van der Waals surface area contributed by atoms with Crippen molar-refractivity contribution in [3.63, 3.8) is 0 Å². The van der Waals surface area contributed by atoms with Gasteiger partial charge in [0, 0.05) is 38.5 Å². The van der Waals surface area contributed by atoms with Crippen molar-refractivity contribution in [1.82, 2.24) is 20.4 Å². The van der Waals surface area contributed by atoms with E-state index in [0.29, 0.717) is 6.54 Å². The maximum absolute atomic E-state index is 4.83. The van der Waals surface area contributed by atoms with Crippen molar-refractivity contribution in [2.45, 2.75) is 19.9 Å². The summed E-state index contributed by atoms with van der Waals surface area (Å²) in [5, 5.41) is 10.4. The van der Waals surface area contributed by atoms with Crippen LogP contribution >= 0.6 is 35.3 Å². The van der Waals surface area contributed by atoms with E-state index in [1.165, 1.54) is 0 Å². The number of halogens is 1. The van der Waals surface area contributed by atoms with Gasteiger partial charge in [-0.2, -0.15) is 0 Å². The van der Waals surface area contributed by atoms with Gasteiger partial charge in [-0.05, 0) is 6.92 Å². The van der Waals surface area contributed by atoms with Crippen LogP contribution in [0.15, 0.2) is 27.2 Å². The number of hydrogen-bond donors (Lipinski definition) is 1. The normalized spacial score (nSPS) is 11.1. The van der Waals surface area contributed by atoms with Crippen LogP contribution < -0.4 is 5.32 Å². The second-order valence-electron chi connectivity index (χ2n) is 4.43. The zero-order valence-electron chi connectivity index (χ0n) is 12.4. The van der Waals surface area contributed by atoms with Crippen LogP contribution in [0.25, 0.3) is 0 Å². The molecule has 116 valence electrons. The number of hydrogen-bond acceptors (Lipinski definition) is 5. The Kier molecular flexibility index (Phi) is 7.65. The Labute approximate surface area is 145 Å². The second-order valence-corrected chi connectivity index (χ2v) is 5.49. The Morgan fingerprint density at radius 1 is 1.48 bits per heavy atom. The fourth-order valence-corrected chi connectivity index (χ4v) is 2.49. The lowest BCUT2D eigenvalue weighted by Gasteiger charge is -2.20. The van der Waals surface area contributed by atoms with Gasteiger partial charge < -0.3 is 14.7 Å². The van der Waals surface area contributed by atoms with Crippen molar-refractivity contribution < 1.29 is 4.52 Å². The van der Waals surface area contributed by atoms with Gasteiger partial charge >= 0.3 is 0 Å². The molecule has 0 saturated heterocycles. The Morgan fingerprint density at radius 2 is 2.29 bits per heavy atom. The number of thiazole rings is 1. The molecule has 0 aliphatic carbocycles. The van der Waals surface area contributed by atoms with Crippen molar-refractivity contribution in [1.29, 1.82) is 0 Å². The second kappa shape index (κ2) is 8.98. The zero-order chi connectivity index (χ0) is 14.4. The highest BCUT2D eigenvalue weighted by atomic mass is 127. The fourth-order valence-electron chi connectivity index (χ4n) is 1.85. The predicted octanol–water partition coefficient (Wildman–Crippen LogP) is 2.31. The summed E-state index contributed by atoms with van der Waals surface area (Å²) < 4.78 is 4.83. The first kappa shape index (κ1) is 17.9. The molecule has 21 heavy (non-hydrogen) atoms. The summed E-state index contributed by atoms with van der Waals surface area (Å²) in [6, 6.07) is 1.85. The molecule has 2 aromatic rings. The van der Waals surface area contributed by atoms with Gasteiger partial charge in [0.25, 0.3) is 0 Å². The Hall–Kier alpha value is -1.16. The lowest BCUT2D eigenvalue weighted by molar-refractivity contribution is 0.391. The average Bonchev–Trinajstić information content (AvgIpc) is 3.06. The van der Waals surface area contributed by atoms with E-state index in [-0.39, 0.29) is 24.0 Å². The molecule has 0 aliphatic rings. The van der Waals surface area contributed by atoms with Crippen molar-refractivity contribution in [3.05, 3.63) is 34.1 Å². The molecule has 0 aromatic carbocycles. The quantitative estimate of drug-likeness (QED) is 0.456. The van der Waals surface area contributed by atoms with Crippen LogP contribution in [-0.2, 0) is 13.0 Å². The highest BCUT2D eigenvalue weighted by Crippen LogP contribution is 2.07. The van der Waals surface area contributed by atoms with E-state index in [1.54, 1.807) is 24.6 Å². The van der Waals surface area contributed by atoms with Gasteiger partial charge in [-0.1, -0.05) is 5.16 Å². The van der Waals surface area contributed by atoms with Gasteiger partial charge in [-0.15, -0.1) is 35.3 Å². The summed E-state index contributed by atoms with van der Waals surface area (Å²) in [5.41, 5.74) is 2.00. The summed E-state index contributed by atoms with van der Waals surface area (Å²) in [6.07, 6.45) is 2.46. The molecule has 0 aliphatic heterocycles. The summed E-state index contributed by atoms with van der Waals surface area (Å²) in [4.78, 5) is 10.7. The molecular weight excluding hydrogens is 401 g/mol. The Morgan fingerprint density at radius 3 is 2.86 bits per heavy atom. The number of nitrogens with zero attached hydrogens (tertiary/aromatic N) is 4. The van der Waals surface area contributed by atoms with Crippen LogP contribution in [0.5, 0.6) is 0 Å². The molecular formula is C13H20IN5OS. The van der Waals surface area contributed by atoms with Crippen LogP contribution in [0.4, 0.5) is 0 Å². The smallest absolute Gasteiger partial charge is 0.193 e. The monoisotopic (exact) mass is 421 g/mol. The third-order valence-corrected chi connectivity index (χ3v) is 3.62. The molecule has 6 nitrogen and oxygen atoms in total. The molecule has 0 amide bonds. The maximum Gasteiger partial charge on any atom is 0.193 e. The molecule has 0 unspecified atom stereocenters. The highest BCUT2D eigenvalue weighted by Gasteiger charge is 2.08. The molecule has 0 saturated carbocycles. The van der Waals surface area contributed by atoms with E-state index in [9.17, 15) is 0 Å². The van der Waals surface area contributed by atoms with Gasteiger partial charge in [0.05, 0.1) is 17.2 Å². The molecule has 0 fully saturated rings. The van der Waals surface area contributed by atoms with E-state index in [2.05, 4.69) is 25.8 Å². The molecule has 0 bridgehead atoms. The number of nitrogens with one attached hydrogen (secondary N) is 1. The molecule has 1 N–H and O–H groups in total. The molecule has 2 heterocycles. The number of rotatable bonds is 5. The molecule has 0 radical (unpaired) electrons. The number of aliphatic imine (C=N–C) groups is 1. The van der Waals surface area contributed by atoms with Crippen molar-refractivity contribution >= 4 is 41.3 Å².